The first kappa shape index (κ1) is 24.0. The van der Waals surface area contributed by atoms with E-state index in [1.54, 1.807) is 17.7 Å². The minimum atomic E-state index is -0.220. The molecule has 34 heavy (non-hydrogen) atoms. The van der Waals surface area contributed by atoms with Crippen LogP contribution >= 0.6 is 11.8 Å². The molecule has 2 heterocycles. The first-order valence-electron chi connectivity index (χ1n) is 11.3. The number of rotatable bonds is 9. The molecule has 4 rings (SSSR count). The van der Waals surface area contributed by atoms with Gasteiger partial charge in [-0.15, -0.1) is 0 Å². The number of Topliss-reactive ketones (excluding diaryl/α,β-unsaturated/α-hetero) is 1. The average molecular weight is 476 g/mol. The van der Waals surface area contributed by atoms with Gasteiger partial charge < -0.3 is 9.30 Å². The summed E-state index contributed by atoms with van der Waals surface area (Å²) in [6.45, 7) is 7.24. The lowest BCUT2D eigenvalue weighted by Crippen LogP contribution is -2.27. The molecule has 0 amide bonds. The third kappa shape index (κ3) is 4.72. The first-order chi connectivity index (χ1) is 16.4. The van der Waals surface area contributed by atoms with Crippen LogP contribution in [0.1, 0.15) is 40.3 Å². The zero-order valence-corrected chi connectivity index (χ0v) is 20.8. The van der Waals surface area contributed by atoms with Gasteiger partial charge in [-0.2, -0.15) is 0 Å². The van der Waals surface area contributed by atoms with Gasteiger partial charge in [0, 0.05) is 30.6 Å². The number of hydrogen-bond acceptors (Lipinski definition) is 5. The van der Waals surface area contributed by atoms with Gasteiger partial charge in [0.05, 0.1) is 29.3 Å². The molecule has 0 saturated heterocycles. The fraction of sp³-hybridized carbons (Fsp3) is 0.296. The maximum Gasteiger partial charge on any atom is 0.262 e. The van der Waals surface area contributed by atoms with E-state index in [0.717, 1.165) is 17.0 Å². The van der Waals surface area contributed by atoms with Crippen LogP contribution in [0.5, 0.6) is 0 Å². The normalized spacial score (nSPS) is 12.2. The van der Waals surface area contributed by atoms with Gasteiger partial charge in [0.2, 0.25) is 0 Å². The van der Waals surface area contributed by atoms with Crippen LogP contribution in [-0.4, -0.2) is 39.4 Å². The van der Waals surface area contributed by atoms with E-state index in [1.807, 2.05) is 75.4 Å². The Morgan fingerprint density at radius 3 is 2.53 bits per heavy atom. The number of nitrogens with zero attached hydrogens (tertiary/aromatic N) is 3. The van der Waals surface area contributed by atoms with E-state index in [2.05, 4.69) is 4.57 Å². The van der Waals surface area contributed by atoms with Crippen LogP contribution in [0.2, 0.25) is 0 Å². The molecule has 4 aromatic rings. The van der Waals surface area contributed by atoms with Crippen molar-refractivity contribution >= 4 is 28.4 Å². The van der Waals surface area contributed by atoms with E-state index in [4.69, 9.17) is 9.72 Å². The molecule has 2 aromatic carbocycles. The lowest BCUT2D eigenvalue weighted by molar-refractivity contribution is 0.102. The van der Waals surface area contributed by atoms with E-state index in [9.17, 15) is 9.59 Å². The smallest absolute Gasteiger partial charge is 0.262 e. The van der Waals surface area contributed by atoms with Crippen molar-refractivity contribution in [1.29, 1.82) is 0 Å². The number of ether oxygens (including phenoxy) is 1. The van der Waals surface area contributed by atoms with E-state index in [1.165, 1.54) is 11.8 Å². The van der Waals surface area contributed by atoms with E-state index in [0.29, 0.717) is 34.8 Å². The van der Waals surface area contributed by atoms with Crippen LogP contribution in [-0.2, 0) is 11.3 Å². The van der Waals surface area contributed by atoms with Crippen molar-refractivity contribution in [3.63, 3.8) is 0 Å². The molecule has 2 aromatic heterocycles. The van der Waals surface area contributed by atoms with Gasteiger partial charge in [-0.25, -0.2) is 4.98 Å². The molecule has 0 saturated carbocycles. The highest BCUT2D eigenvalue weighted by Gasteiger charge is 2.21. The van der Waals surface area contributed by atoms with Crippen LogP contribution in [0.3, 0.4) is 0 Å². The number of hydrogen-bond donors (Lipinski definition) is 0. The number of thioether (sulfide) groups is 1. The monoisotopic (exact) mass is 475 g/mol. The summed E-state index contributed by atoms with van der Waals surface area (Å²) < 4.78 is 9.00. The minimum Gasteiger partial charge on any atom is -0.383 e. The van der Waals surface area contributed by atoms with Crippen molar-refractivity contribution in [2.75, 3.05) is 19.5 Å². The average Bonchev–Trinajstić information content (AvgIpc) is 3.14. The molecule has 0 aliphatic heterocycles. The highest BCUT2D eigenvalue weighted by atomic mass is 32.2. The number of ketones is 1. The van der Waals surface area contributed by atoms with Crippen LogP contribution in [0, 0.1) is 13.8 Å². The van der Waals surface area contributed by atoms with Gasteiger partial charge in [-0.05, 0) is 44.5 Å². The molecule has 1 atom stereocenters. The summed E-state index contributed by atoms with van der Waals surface area (Å²) in [5.41, 5.74) is 4.21. The summed E-state index contributed by atoms with van der Waals surface area (Å²) in [7, 11) is 1.67. The van der Waals surface area contributed by atoms with Gasteiger partial charge in [-0.1, -0.05) is 54.2 Å². The Labute approximate surface area is 203 Å². The van der Waals surface area contributed by atoms with Gasteiger partial charge in [0.25, 0.3) is 5.56 Å². The van der Waals surface area contributed by atoms with Gasteiger partial charge in [-0.3, -0.25) is 14.2 Å². The molecule has 0 aliphatic carbocycles. The predicted molar refractivity (Wildman–Crippen MR) is 137 cm³/mol. The molecular weight excluding hydrogens is 446 g/mol. The summed E-state index contributed by atoms with van der Waals surface area (Å²) in [6.07, 6.45) is 0. The number of aryl methyl sites for hydroxylation is 1. The van der Waals surface area contributed by atoms with Crippen molar-refractivity contribution in [2.45, 2.75) is 38.5 Å². The molecule has 7 heteroatoms. The van der Waals surface area contributed by atoms with Crippen LogP contribution in [0.4, 0.5) is 0 Å². The summed E-state index contributed by atoms with van der Waals surface area (Å²) in [4.78, 5) is 31.5. The molecule has 0 aliphatic rings. The second-order valence-corrected chi connectivity index (χ2v) is 9.26. The molecule has 176 valence electrons. The number of fused-ring (bicyclic) bond motifs is 1. The number of aromatic nitrogens is 3. The third-order valence-electron chi connectivity index (χ3n) is 6.17. The van der Waals surface area contributed by atoms with Gasteiger partial charge in [0.1, 0.15) is 0 Å². The van der Waals surface area contributed by atoms with Crippen molar-refractivity contribution in [3.8, 4) is 0 Å². The lowest BCUT2D eigenvalue weighted by atomic mass is 10.1. The minimum absolute atomic E-state index is 0.0167. The number of carbonyl (C=O) groups excluding carboxylic acids is 1. The van der Waals surface area contributed by atoms with Gasteiger partial charge in [0.15, 0.2) is 10.9 Å². The van der Waals surface area contributed by atoms with Crippen molar-refractivity contribution in [1.82, 2.24) is 14.1 Å². The quantitative estimate of drug-likeness (QED) is 0.193. The molecule has 0 unspecified atom stereocenters. The Balaban J connectivity index is 1.68. The van der Waals surface area contributed by atoms with E-state index in [-0.39, 0.29) is 23.1 Å². The Kier molecular flexibility index (Phi) is 7.34. The highest BCUT2D eigenvalue weighted by molar-refractivity contribution is 7.99. The number of carbonyl (C=O) groups is 1. The largest absolute Gasteiger partial charge is 0.383 e. The van der Waals surface area contributed by atoms with Gasteiger partial charge >= 0.3 is 0 Å². The zero-order chi connectivity index (χ0) is 24.2. The van der Waals surface area contributed by atoms with Crippen LogP contribution in [0.15, 0.2) is 70.6 Å². The number of methoxy groups -OCH3 is 1. The Morgan fingerprint density at radius 2 is 1.79 bits per heavy atom. The summed E-state index contributed by atoms with van der Waals surface area (Å²) in [6, 6.07) is 18.9. The van der Waals surface area contributed by atoms with E-state index >= 15 is 0 Å². The maximum absolute atomic E-state index is 13.5. The Bertz CT molecular complexity index is 1380. The third-order valence-corrected chi connectivity index (χ3v) is 7.12. The molecule has 0 fully saturated rings. The summed E-state index contributed by atoms with van der Waals surface area (Å²) >= 11 is 1.31. The topological polar surface area (TPSA) is 66.1 Å². The summed E-state index contributed by atoms with van der Waals surface area (Å²) in [5, 5.41) is 1.12. The Hall–Kier alpha value is -3.16. The molecule has 0 spiro atoms. The molecule has 0 radical (unpaired) electrons. The second-order valence-electron chi connectivity index (χ2n) is 8.31. The molecule has 0 bridgehead atoms. The van der Waals surface area contributed by atoms with Crippen LogP contribution < -0.4 is 5.56 Å². The lowest BCUT2D eigenvalue weighted by Gasteiger charge is -2.20. The highest BCUT2D eigenvalue weighted by Crippen LogP contribution is 2.26. The van der Waals surface area contributed by atoms with Crippen molar-refractivity contribution in [2.24, 2.45) is 0 Å². The van der Waals surface area contributed by atoms with Crippen molar-refractivity contribution < 1.29 is 9.53 Å². The molecule has 6 nitrogen and oxygen atoms in total. The molecule has 0 N–H and O–H groups in total. The molecular formula is C27H29N3O3S. The number of para-hydroxylation sites is 1. The van der Waals surface area contributed by atoms with Crippen molar-refractivity contribution in [3.05, 3.63) is 93.5 Å². The predicted octanol–water partition coefficient (Wildman–Crippen LogP) is 5.05. The first-order valence-corrected chi connectivity index (χ1v) is 12.3. The fourth-order valence-electron chi connectivity index (χ4n) is 4.27. The zero-order valence-electron chi connectivity index (χ0n) is 19.9. The van der Waals surface area contributed by atoms with Crippen LogP contribution in [0.25, 0.3) is 10.9 Å². The SMILES string of the molecule is COCCn1c(C)cc(C(=O)CSc2nc3ccccc3c(=O)n2[C@@H](C)c2ccccc2)c1C. The van der Waals surface area contributed by atoms with E-state index < -0.39 is 0 Å². The number of benzene rings is 2. The standard InChI is InChI=1S/C27H29N3O3S/c1-18-16-23(20(3)29(18)14-15-33-4)25(31)17-34-27-28-24-13-9-8-12-22(24)26(32)30(27)19(2)21-10-6-5-7-11-21/h5-13,16,19H,14-15,17H2,1-4H3/t19-/m0/s1. The Morgan fingerprint density at radius 1 is 1.09 bits per heavy atom. The maximum atomic E-state index is 13.5. The fourth-order valence-corrected chi connectivity index (χ4v) is 5.23. The second kappa shape index (κ2) is 10.4. The summed E-state index contributed by atoms with van der Waals surface area (Å²) in [5.74, 6) is 0.212.